The summed E-state index contributed by atoms with van der Waals surface area (Å²) in [4.78, 5) is 14.8. The van der Waals surface area contributed by atoms with E-state index in [-0.39, 0.29) is 11.4 Å². The lowest BCUT2D eigenvalue weighted by molar-refractivity contribution is 0.180. The molecule has 36 heavy (non-hydrogen) atoms. The number of ether oxygens (including phenoxy) is 1. The van der Waals surface area contributed by atoms with Crippen molar-refractivity contribution in [1.29, 1.82) is 5.26 Å². The van der Waals surface area contributed by atoms with Crippen molar-refractivity contribution in [3.63, 3.8) is 0 Å². The summed E-state index contributed by atoms with van der Waals surface area (Å²) in [7, 11) is -2.62. The van der Waals surface area contributed by atoms with Crippen LogP contribution in [0, 0.1) is 18.3 Å². The first-order valence-corrected chi connectivity index (χ1v) is 13.7. The number of nitrogens with zero attached hydrogens (tertiary/aromatic N) is 3. The van der Waals surface area contributed by atoms with Crippen LogP contribution in [0.2, 0.25) is 0 Å². The molecular weight excluding hydrogens is 474 g/mol. The van der Waals surface area contributed by atoms with Crippen molar-refractivity contribution in [3.8, 4) is 6.07 Å². The summed E-state index contributed by atoms with van der Waals surface area (Å²) in [6.07, 6.45) is 7.95. The van der Waals surface area contributed by atoms with Crippen LogP contribution in [0.4, 0.5) is 10.5 Å². The molecule has 2 atom stereocenters. The van der Waals surface area contributed by atoms with Gasteiger partial charge >= 0.3 is 6.09 Å². The Bertz CT molecular complexity index is 1410. The molecule has 1 aliphatic carbocycles. The van der Waals surface area contributed by atoms with E-state index in [9.17, 15) is 18.5 Å². The third kappa shape index (κ3) is 3.66. The highest BCUT2D eigenvalue weighted by Gasteiger charge is 2.61. The smallest absolute Gasteiger partial charge is 0.418 e. The number of benzene rings is 2. The van der Waals surface area contributed by atoms with Gasteiger partial charge in [-0.15, -0.1) is 0 Å². The molecule has 1 spiro atoms. The lowest BCUT2D eigenvalue weighted by Gasteiger charge is -2.33. The molecular formula is C28H29N3O4S. The lowest BCUT2D eigenvalue weighted by atomic mass is 9.73. The maximum Gasteiger partial charge on any atom is 0.418 e. The fourth-order valence-corrected chi connectivity index (χ4v) is 7.38. The van der Waals surface area contributed by atoms with E-state index in [0.29, 0.717) is 17.8 Å². The predicted molar refractivity (Wildman–Crippen MR) is 137 cm³/mol. The molecule has 0 aromatic heterocycles. The van der Waals surface area contributed by atoms with Crippen molar-refractivity contribution in [2.45, 2.75) is 55.4 Å². The second-order valence-electron chi connectivity index (χ2n) is 9.56. The van der Waals surface area contributed by atoms with E-state index in [1.807, 2.05) is 37.3 Å². The molecule has 2 aliphatic heterocycles. The molecule has 7 nitrogen and oxygen atoms in total. The van der Waals surface area contributed by atoms with Crippen molar-refractivity contribution in [2.24, 2.45) is 0 Å². The molecule has 5 rings (SSSR count). The first kappa shape index (κ1) is 24.3. The third-order valence-electron chi connectivity index (χ3n) is 7.56. The van der Waals surface area contributed by atoms with E-state index in [4.69, 9.17) is 4.74 Å². The maximum absolute atomic E-state index is 13.8. The number of carbonyl (C=O) groups is 1. The predicted octanol–water partition coefficient (Wildman–Crippen LogP) is 5.19. The molecule has 0 radical (unpaired) electrons. The summed E-state index contributed by atoms with van der Waals surface area (Å²) >= 11 is 0. The van der Waals surface area contributed by atoms with Crippen LogP contribution in [-0.2, 0) is 20.2 Å². The van der Waals surface area contributed by atoms with Gasteiger partial charge in [-0.1, -0.05) is 47.5 Å². The standard InChI is InChI=1S/C28H29N3O4S/c1-20-12-14-22(15-13-20)36(33,34)30-17-16-28(26(30)19-29)23-10-6-7-11-24(23)31(27(32)35-2)25(28)18-21-8-4-3-5-9-21/h6-8,10-15,18,26H,3-5,9,16-17H2,1-2H3/b25-18-. The average molecular weight is 504 g/mol. The van der Waals surface area contributed by atoms with E-state index in [2.05, 4.69) is 12.1 Å². The second-order valence-corrected chi connectivity index (χ2v) is 11.4. The van der Waals surface area contributed by atoms with Crippen LogP contribution in [0.1, 0.15) is 43.2 Å². The summed E-state index contributed by atoms with van der Waals surface area (Å²) in [5, 5.41) is 10.5. The van der Waals surface area contributed by atoms with Crippen molar-refractivity contribution in [2.75, 3.05) is 18.6 Å². The molecule has 3 aliphatic rings. The van der Waals surface area contributed by atoms with Gasteiger partial charge in [-0.2, -0.15) is 9.57 Å². The molecule has 2 aromatic carbocycles. The van der Waals surface area contributed by atoms with Crippen LogP contribution >= 0.6 is 0 Å². The van der Waals surface area contributed by atoms with Crippen LogP contribution in [0.25, 0.3) is 0 Å². The summed E-state index contributed by atoms with van der Waals surface area (Å²) < 4.78 is 34.0. The number of nitriles is 1. The maximum atomic E-state index is 13.8. The number of carbonyl (C=O) groups excluding carboxylic acids is 1. The van der Waals surface area contributed by atoms with Gasteiger partial charge in [0.15, 0.2) is 0 Å². The van der Waals surface area contributed by atoms with Gasteiger partial charge in [0.05, 0.1) is 29.2 Å². The summed E-state index contributed by atoms with van der Waals surface area (Å²) in [6, 6.07) is 15.4. The van der Waals surface area contributed by atoms with Gasteiger partial charge in [-0.25, -0.2) is 18.1 Å². The van der Waals surface area contributed by atoms with Gasteiger partial charge < -0.3 is 4.74 Å². The molecule has 0 N–H and O–H groups in total. The molecule has 1 fully saturated rings. The van der Waals surface area contributed by atoms with Crippen molar-refractivity contribution in [1.82, 2.24) is 4.31 Å². The summed E-state index contributed by atoms with van der Waals surface area (Å²) in [6.45, 7) is 2.06. The zero-order valence-corrected chi connectivity index (χ0v) is 21.3. The zero-order chi connectivity index (χ0) is 25.5. The second kappa shape index (κ2) is 9.23. The summed E-state index contributed by atoms with van der Waals surface area (Å²) in [5.74, 6) is 0. The van der Waals surface area contributed by atoms with Crippen molar-refractivity contribution in [3.05, 3.63) is 83.1 Å². The normalized spacial score (nSPS) is 25.0. The van der Waals surface area contributed by atoms with Gasteiger partial charge in [-0.05, 0) is 68.9 Å². The fraction of sp³-hybridized carbons (Fsp3) is 0.357. The number of sulfonamides is 1. The average Bonchev–Trinajstić information content (AvgIpc) is 3.42. The van der Waals surface area contributed by atoms with E-state index in [0.717, 1.165) is 42.4 Å². The highest BCUT2D eigenvalue weighted by atomic mass is 32.2. The number of rotatable bonds is 3. The van der Waals surface area contributed by atoms with E-state index < -0.39 is 27.6 Å². The Morgan fingerprint density at radius 1 is 1.17 bits per heavy atom. The van der Waals surface area contributed by atoms with Gasteiger partial charge in [0.25, 0.3) is 0 Å². The number of amides is 1. The Labute approximate surface area is 212 Å². The highest BCUT2D eigenvalue weighted by molar-refractivity contribution is 7.89. The molecule has 2 heterocycles. The Morgan fingerprint density at radius 2 is 1.92 bits per heavy atom. The highest BCUT2D eigenvalue weighted by Crippen LogP contribution is 2.57. The number of fused-ring (bicyclic) bond motifs is 2. The minimum atomic E-state index is -3.95. The van der Waals surface area contributed by atoms with Gasteiger partial charge in [0.1, 0.15) is 6.04 Å². The largest absolute Gasteiger partial charge is 0.452 e. The van der Waals surface area contributed by atoms with Crippen LogP contribution < -0.4 is 4.90 Å². The quantitative estimate of drug-likeness (QED) is 0.575. The first-order valence-electron chi connectivity index (χ1n) is 12.2. The molecule has 2 aromatic rings. The molecule has 1 amide bonds. The summed E-state index contributed by atoms with van der Waals surface area (Å²) in [5.41, 5.74) is 3.04. The first-order chi connectivity index (χ1) is 17.3. The number of aryl methyl sites for hydroxylation is 1. The topological polar surface area (TPSA) is 90.7 Å². The zero-order valence-electron chi connectivity index (χ0n) is 20.5. The SMILES string of the molecule is COC(=O)N1/C(=C\C2=CCCCC2)C2(CCN(S(=O)(=O)c3ccc(C)cc3)C2C#N)c2ccccc21. The number of allylic oxidation sites excluding steroid dienone is 3. The van der Waals surface area contributed by atoms with E-state index in [1.54, 1.807) is 24.3 Å². The molecule has 0 bridgehead atoms. The minimum Gasteiger partial charge on any atom is -0.452 e. The van der Waals surface area contributed by atoms with Crippen LogP contribution in [0.15, 0.2) is 76.8 Å². The Morgan fingerprint density at radius 3 is 2.58 bits per heavy atom. The molecule has 0 saturated carbocycles. The van der Waals surface area contributed by atoms with Gasteiger partial charge in [0, 0.05) is 12.2 Å². The Kier molecular flexibility index (Phi) is 6.23. The van der Waals surface area contributed by atoms with Gasteiger partial charge in [-0.3, -0.25) is 0 Å². The molecule has 186 valence electrons. The number of anilines is 1. The van der Waals surface area contributed by atoms with Crippen LogP contribution in [-0.4, -0.2) is 38.5 Å². The van der Waals surface area contributed by atoms with E-state index >= 15 is 0 Å². The number of hydrogen-bond donors (Lipinski definition) is 0. The monoisotopic (exact) mass is 503 g/mol. The van der Waals surface area contributed by atoms with Gasteiger partial charge in [0.2, 0.25) is 10.0 Å². The van der Waals surface area contributed by atoms with Crippen molar-refractivity contribution >= 4 is 21.8 Å². The number of methoxy groups -OCH3 is 1. The third-order valence-corrected chi connectivity index (χ3v) is 9.44. The van der Waals surface area contributed by atoms with E-state index in [1.165, 1.54) is 16.3 Å². The van der Waals surface area contributed by atoms with Crippen molar-refractivity contribution < 1.29 is 17.9 Å². The number of para-hydroxylation sites is 1. The number of hydrogen-bond acceptors (Lipinski definition) is 5. The Hall–Kier alpha value is -3.41. The fourth-order valence-electron chi connectivity index (χ4n) is 5.79. The molecule has 2 unspecified atom stereocenters. The lowest BCUT2D eigenvalue weighted by Crippen LogP contribution is -2.46. The van der Waals surface area contributed by atoms with Crippen LogP contribution in [0.3, 0.4) is 0 Å². The Balaban J connectivity index is 1.71. The minimum absolute atomic E-state index is 0.155. The van der Waals surface area contributed by atoms with Crippen LogP contribution in [0.5, 0.6) is 0 Å². The molecule has 8 heteroatoms. The molecule has 1 saturated heterocycles.